The molecule has 6 rings (SSSR count). The number of benzene rings is 1. The number of ether oxygens (including phenoxy) is 2. The number of amides is 2. The summed E-state index contributed by atoms with van der Waals surface area (Å²) in [5, 5.41) is 9.61. The number of hydrogen-bond acceptors (Lipinski definition) is 7. The van der Waals surface area contributed by atoms with E-state index in [-0.39, 0.29) is 6.03 Å². The van der Waals surface area contributed by atoms with Gasteiger partial charge in [-0.3, -0.25) is 10.1 Å². The van der Waals surface area contributed by atoms with Gasteiger partial charge >= 0.3 is 6.03 Å². The van der Waals surface area contributed by atoms with Gasteiger partial charge in [0.15, 0.2) is 5.82 Å². The minimum Gasteiger partial charge on any atom is -0.486 e. The van der Waals surface area contributed by atoms with E-state index in [0.717, 1.165) is 54.5 Å². The molecule has 1 unspecified atom stereocenters. The number of hydrogen-bond donors (Lipinski definition) is 1. The van der Waals surface area contributed by atoms with Crippen LogP contribution in [-0.2, 0) is 24.6 Å². The van der Waals surface area contributed by atoms with Crippen LogP contribution in [-0.4, -0.2) is 93.4 Å². The molecule has 4 aromatic rings. The molecule has 1 aromatic carbocycles. The number of H-pyrrole nitrogens is 1. The Morgan fingerprint density at radius 1 is 1.07 bits per heavy atom. The molecule has 14 heteroatoms. The second-order valence-electron chi connectivity index (χ2n) is 13.1. The molecule has 0 spiro atoms. The Morgan fingerprint density at radius 3 is 2.51 bits per heavy atom. The number of carbonyl (C=O) groups excluding carboxylic acids is 1. The highest BCUT2D eigenvalue weighted by atomic mass is 35.5. The monoisotopic (exact) mass is 670 g/mol. The number of fused-ring (bicyclic) bond motifs is 2. The highest BCUT2D eigenvalue weighted by Crippen LogP contribution is 2.36. The smallest absolute Gasteiger partial charge is 0.320 e. The first-order chi connectivity index (χ1) is 21.5. The average Bonchev–Trinajstić information content (AvgIpc) is 3.68. The molecule has 45 heavy (non-hydrogen) atoms. The topological polar surface area (TPSA) is 105 Å². The third kappa shape index (κ3) is 6.85. The van der Waals surface area contributed by atoms with Gasteiger partial charge in [-0.2, -0.15) is 5.10 Å². The highest BCUT2D eigenvalue weighted by molar-refractivity contribution is 6.76. The Balaban J connectivity index is 1.29. The fraction of sp³-hybridized carbons (Fsp3) is 0.484. The second-order valence-corrected chi connectivity index (χ2v) is 19.5. The predicted molar refractivity (Wildman–Crippen MR) is 178 cm³/mol. The molecule has 3 aromatic heterocycles. The summed E-state index contributed by atoms with van der Waals surface area (Å²) >= 11 is 12.8. The van der Waals surface area contributed by atoms with E-state index in [1.54, 1.807) is 12.4 Å². The molecule has 11 nitrogen and oxygen atoms in total. The Bertz CT molecular complexity index is 1680. The third-order valence-electron chi connectivity index (χ3n) is 8.45. The number of carbonyl (C=O) groups is 1. The van der Waals surface area contributed by atoms with Gasteiger partial charge in [0.25, 0.3) is 0 Å². The maximum Gasteiger partial charge on any atom is 0.320 e. The summed E-state index contributed by atoms with van der Waals surface area (Å²) in [6.07, 6.45) is 2.71. The second kappa shape index (κ2) is 12.9. The lowest BCUT2D eigenvalue weighted by Crippen LogP contribution is -2.50. The van der Waals surface area contributed by atoms with E-state index in [4.69, 9.17) is 42.8 Å². The zero-order valence-corrected chi connectivity index (χ0v) is 29.0. The summed E-state index contributed by atoms with van der Waals surface area (Å²) in [6.45, 7) is 14.1. The molecule has 5 heterocycles. The van der Waals surface area contributed by atoms with Crippen molar-refractivity contribution in [1.29, 1.82) is 0 Å². The SMILES string of the molecule is CC(Oc1ccc2[nH]nc(-c3nc4c(n3COCC[Si](C)(C)C)CN(C(=O)N3CCN(C)CC3)C4)c2c1)c1c(Cl)cncc1Cl. The first-order valence-electron chi connectivity index (χ1n) is 15.3. The lowest BCUT2D eigenvalue weighted by atomic mass is 10.1. The van der Waals surface area contributed by atoms with Crippen molar-refractivity contribution < 1.29 is 14.3 Å². The van der Waals surface area contributed by atoms with Crippen LogP contribution < -0.4 is 4.74 Å². The number of aromatic amines is 1. The van der Waals surface area contributed by atoms with E-state index in [1.807, 2.05) is 34.9 Å². The standard InChI is InChI=1S/C31H40Cl2N8O3Si/c1-20(28-23(32)15-34-16-24(28)33)44-21-6-7-25-22(14-21)29(37-36-25)30-35-26-17-40(31(42)39-10-8-38(2)9-11-39)18-27(26)41(30)19-43-12-13-45(3,4)5/h6-7,14-16,20H,8-13,17-19H2,1-5H3,(H,36,37). The zero-order chi connectivity index (χ0) is 31.9. The van der Waals surface area contributed by atoms with Crippen molar-refractivity contribution in [2.45, 2.75) is 58.5 Å². The predicted octanol–water partition coefficient (Wildman–Crippen LogP) is 6.26. The number of nitrogens with one attached hydrogen (secondary N) is 1. The van der Waals surface area contributed by atoms with Crippen LogP contribution in [0.15, 0.2) is 30.6 Å². The van der Waals surface area contributed by atoms with Crippen LogP contribution in [0.2, 0.25) is 35.7 Å². The summed E-state index contributed by atoms with van der Waals surface area (Å²) < 4.78 is 14.6. The molecule has 1 atom stereocenters. The van der Waals surface area contributed by atoms with Gasteiger partial charge in [-0.25, -0.2) is 9.78 Å². The van der Waals surface area contributed by atoms with Crippen LogP contribution in [0, 0.1) is 0 Å². The Morgan fingerprint density at radius 2 is 1.80 bits per heavy atom. The van der Waals surface area contributed by atoms with Crippen molar-refractivity contribution in [3.8, 4) is 17.3 Å². The summed E-state index contributed by atoms with van der Waals surface area (Å²) in [7, 11) is 0.820. The van der Waals surface area contributed by atoms with Gasteiger partial charge in [0.1, 0.15) is 24.3 Å². The van der Waals surface area contributed by atoms with Crippen molar-refractivity contribution in [2.75, 3.05) is 39.8 Å². The molecule has 0 bridgehead atoms. The van der Waals surface area contributed by atoms with Gasteiger partial charge in [-0.1, -0.05) is 42.8 Å². The molecule has 0 saturated carbocycles. The van der Waals surface area contributed by atoms with Crippen LogP contribution in [0.4, 0.5) is 4.79 Å². The van der Waals surface area contributed by atoms with E-state index in [2.05, 4.69) is 46.2 Å². The number of rotatable bonds is 9. The highest BCUT2D eigenvalue weighted by Gasteiger charge is 2.34. The van der Waals surface area contributed by atoms with Gasteiger partial charge in [-0.15, -0.1) is 0 Å². The van der Waals surface area contributed by atoms with Gasteiger partial charge in [0.2, 0.25) is 0 Å². The number of urea groups is 1. The number of pyridine rings is 1. The molecule has 1 saturated heterocycles. The largest absolute Gasteiger partial charge is 0.486 e. The third-order valence-corrected chi connectivity index (χ3v) is 10.8. The van der Waals surface area contributed by atoms with E-state index in [9.17, 15) is 4.79 Å². The summed E-state index contributed by atoms with van der Waals surface area (Å²) in [6, 6.07) is 6.89. The summed E-state index contributed by atoms with van der Waals surface area (Å²) in [4.78, 5) is 28.6. The zero-order valence-electron chi connectivity index (χ0n) is 26.4. The van der Waals surface area contributed by atoms with Crippen LogP contribution in [0.1, 0.15) is 30.0 Å². The van der Waals surface area contributed by atoms with Crippen LogP contribution in [0.5, 0.6) is 5.75 Å². The fourth-order valence-electron chi connectivity index (χ4n) is 5.75. The van der Waals surface area contributed by atoms with Crippen molar-refractivity contribution in [3.63, 3.8) is 0 Å². The van der Waals surface area contributed by atoms with E-state index in [1.165, 1.54) is 0 Å². The Labute approximate surface area is 274 Å². The molecular formula is C31H40Cl2N8O3Si. The van der Waals surface area contributed by atoms with E-state index < -0.39 is 14.2 Å². The number of aromatic nitrogens is 5. The van der Waals surface area contributed by atoms with Crippen molar-refractivity contribution >= 4 is 48.2 Å². The quantitative estimate of drug-likeness (QED) is 0.165. The maximum absolute atomic E-state index is 13.4. The minimum atomic E-state index is -1.27. The number of halogens is 2. The minimum absolute atomic E-state index is 0.0596. The molecule has 2 aliphatic heterocycles. The molecule has 1 N–H and O–H groups in total. The van der Waals surface area contributed by atoms with Crippen LogP contribution >= 0.6 is 23.2 Å². The van der Waals surface area contributed by atoms with Crippen molar-refractivity contribution in [1.82, 2.24) is 39.4 Å². The van der Waals surface area contributed by atoms with Crippen molar-refractivity contribution in [2.24, 2.45) is 0 Å². The lowest BCUT2D eigenvalue weighted by Gasteiger charge is -2.34. The average molecular weight is 672 g/mol. The molecule has 1 fully saturated rings. The van der Waals surface area contributed by atoms with Gasteiger partial charge in [-0.05, 0) is 38.2 Å². The number of nitrogens with zero attached hydrogens (tertiary/aromatic N) is 7. The Hall–Kier alpha value is -3.16. The molecule has 0 radical (unpaired) electrons. The van der Waals surface area contributed by atoms with E-state index >= 15 is 0 Å². The van der Waals surface area contributed by atoms with Gasteiger partial charge < -0.3 is 28.7 Å². The van der Waals surface area contributed by atoms with Gasteiger partial charge in [0, 0.05) is 64.2 Å². The van der Waals surface area contributed by atoms with Crippen molar-refractivity contribution in [3.05, 3.63) is 57.6 Å². The van der Waals surface area contributed by atoms with E-state index in [0.29, 0.717) is 59.3 Å². The number of imidazole rings is 1. The molecule has 240 valence electrons. The normalized spacial score (nSPS) is 16.4. The fourth-order valence-corrected chi connectivity index (χ4v) is 7.18. The van der Waals surface area contributed by atoms with Gasteiger partial charge in [0.05, 0.1) is 40.0 Å². The molecule has 2 aliphatic rings. The number of piperazine rings is 1. The summed E-state index contributed by atoms with van der Waals surface area (Å²) in [5.74, 6) is 1.35. The molecule has 2 amide bonds. The summed E-state index contributed by atoms with van der Waals surface area (Å²) in [5.41, 5.74) is 4.09. The molecule has 0 aliphatic carbocycles. The first-order valence-corrected chi connectivity index (χ1v) is 19.8. The lowest BCUT2D eigenvalue weighted by molar-refractivity contribution is 0.0847. The first kappa shape index (κ1) is 31.8. The Kier molecular flexibility index (Phi) is 9.13. The van der Waals surface area contributed by atoms with Crippen LogP contribution in [0.3, 0.4) is 0 Å². The molecular weight excluding hydrogens is 631 g/mol. The number of likely N-dealkylation sites (N-methyl/N-ethyl adjacent to an activating group) is 1. The van der Waals surface area contributed by atoms with Crippen LogP contribution in [0.25, 0.3) is 22.4 Å². The maximum atomic E-state index is 13.4.